The second kappa shape index (κ2) is 4.31. The highest BCUT2D eigenvalue weighted by Gasteiger charge is 2.20. The van der Waals surface area contributed by atoms with Crippen LogP contribution in [0.25, 0.3) is 21.5 Å². The van der Waals surface area contributed by atoms with Crippen molar-refractivity contribution in [1.82, 2.24) is 0 Å². The normalized spacial score (nSPS) is 10.8. The molecule has 0 saturated heterocycles. The van der Waals surface area contributed by atoms with Gasteiger partial charge in [0.25, 0.3) is 5.69 Å². The number of rotatable bonds is 2. The van der Waals surface area contributed by atoms with E-state index in [2.05, 4.69) is 0 Å². The van der Waals surface area contributed by atoms with Gasteiger partial charge in [-0.05, 0) is 22.2 Å². The fraction of sp³-hybridized carbons (Fsp3) is 0. The highest BCUT2D eigenvalue weighted by molar-refractivity contribution is 6.18. The van der Waals surface area contributed by atoms with Gasteiger partial charge in [0.05, 0.1) is 15.9 Å². The van der Waals surface area contributed by atoms with Crippen molar-refractivity contribution in [3.05, 3.63) is 64.2 Å². The van der Waals surface area contributed by atoms with Gasteiger partial charge in [0, 0.05) is 6.07 Å². The summed E-state index contributed by atoms with van der Waals surface area (Å²) in [4.78, 5) is 22.0. The van der Waals surface area contributed by atoms with Gasteiger partial charge in [0.15, 0.2) is 0 Å². The number of hydrogen-bond acceptors (Lipinski definition) is 3. The lowest BCUT2D eigenvalue weighted by atomic mass is 9.96. The minimum Gasteiger partial charge on any atom is -0.478 e. The van der Waals surface area contributed by atoms with Gasteiger partial charge in [-0.1, -0.05) is 36.4 Å². The molecule has 0 saturated carbocycles. The SMILES string of the molecule is O=C(O)c1cc2ccccc2c2cccc([N+](=O)[O-])c12. The second-order valence-electron chi connectivity index (χ2n) is 4.41. The summed E-state index contributed by atoms with van der Waals surface area (Å²) in [7, 11) is 0. The van der Waals surface area contributed by atoms with E-state index in [0.717, 1.165) is 10.8 Å². The number of nitro benzene ring substituents is 1. The number of hydrogen-bond donors (Lipinski definition) is 1. The maximum absolute atomic E-state index is 11.4. The van der Waals surface area contributed by atoms with E-state index in [0.29, 0.717) is 5.39 Å². The van der Waals surface area contributed by atoms with Crippen LogP contribution in [0.3, 0.4) is 0 Å². The van der Waals surface area contributed by atoms with E-state index in [4.69, 9.17) is 0 Å². The van der Waals surface area contributed by atoms with Gasteiger partial charge < -0.3 is 5.11 Å². The highest BCUT2D eigenvalue weighted by atomic mass is 16.6. The molecule has 0 bridgehead atoms. The summed E-state index contributed by atoms with van der Waals surface area (Å²) in [6.07, 6.45) is 0. The van der Waals surface area contributed by atoms with Crippen LogP contribution in [0.5, 0.6) is 0 Å². The van der Waals surface area contributed by atoms with Crippen LogP contribution in [0.2, 0.25) is 0 Å². The van der Waals surface area contributed by atoms with Gasteiger partial charge in [-0.3, -0.25) is 10.1 Å². The van der Waals surface area contributed by atoms with Crippen molar-refractivity contribution in [3.8, 4) is 0 Å². The Labute approximate surface area is 113 Å². The monoisotopic (exact) mass is 267 g/mol. The molecule has 1 N–H and O–H groups in total. The standard InChI is InChI=1S/C15H9NO4/c17-15(18)12-8-9-4-1-2-5-10(9)11-6-3-7-13(14(11)12)16(19)20/h1-8H,(H,17,18). The first-order valence-corrected chi connectivity index (χ1v) is 5.92. The number of aromatic carboxylic acids is 1. The minimum absolute atomic E-state index is 0.0500. The van der Waals surface area contributed by atoms with Crippen LogP contribution in [-0.2, 0) is 0 Å². The van der Waals surface area contributed by atoms with Gasteiger partial charge in [-0.15, -0.1) is 0 Å². The molecule has 0 amide bonds. The summed E-state index contributed by atoms with van der Waals surface area (Å²) < 4.78 is 0. The fourth-order valence-electron chi connectivity index (χ4n) is 2.46. The predicted molar refractivity (Wildman–Crippen MR) is 75.1 cm³/mol. The average molecular weight is 267 g/mol. The van der Waals surface area contributed by atoms with E-state index >= 15 is 0 Å². The van der Waals surface area contributed by atoms with Crippen molar-refractivity contribution in [2.24, 2.45) is 0 Å². The molecule has 0 aliphatic rings. The number of nitrogens with zero attached hydrogens (tertiary/aromatic N) is 1. The minimum atomic E-state index is -1.17. The molecule has 98 valence electrons. The van der Waals surface area contributed by atoms with E-state index in [1.807, 2.05) is 12.1 Å². The quantitative estimate of drug-likeness (QED) is 0.437. The van der Waals surface area contributed by atoms with Crippen LogP contribution in [0.1, 0.15) is 10.4 Å². The van der Waals surface area contributed by atoms with Crippen molar-refractivity contribution in [3.63, 3.8) is 0 Å². The number of nitro groups is 1. The third kappa shape index (κ3) is 1.68. The first-order chi connectivity index (χ1) is 9.59. The van der Waals surface area contributed by atoms with Gasteiger partial charge in [-0.2, -0.15) is 0 Å². The van der Waals surface area contributed by atoms with Crippen molar-refractivity contribution >= 4 is 33.2 Å². The summed E-state index contributed by atoms with van der Waals surface area (Å²) in [5, 5.41) is 22.8. The molecule has 0 heterocycles. The van der Waals surface area contributed by atoms with Crippen LogP contribution in [-0.4, -0.2) is 16.0 Å². The molecular formula is C15H9NO4. The summed E-state index contributed by atoms with van der Waals surface area (Å²) >= 11 is 0. The molecule has 0 spiro atoms. The number of carbonyl (C=O) groups is 1. The third-order valence-electron chi connectivity index (χ3n) is 3.29. The van der Waals surface area contributed by atoms with Gasteiger partial charge >= 0.3 is 5.97 Å². The molecule has 5 heteroatoms. The fourth-order valence-corrected chi connectivity index (χ4v) is 2.46. The smallest absolute Gasteiger partial charge is 0.336 e. The Morgan fingerprint density at radius 3 is 2.45 bits per heavy atom. The largest absolute Gasteiger partial charge is 0.478 e. The van der Waals surface area contributed by atoms with E-state index in [9.17, 15) is 20.0 Å². The molecule has 0 aromatic heterocycles. The zero-order chi connectivity index (χ0) is 14.3. The van der Waals surface area contributed by atoms with E-state index in [-0.39, 0.29) is 16.6 Å². The lowest BCUT2D eigenvalue weighted by molar-refractivity contribution is -0.383. The first kappa shape index (κ1) is 12.1. The van der Waals surface area contributed by atoms with Crippen LogP contribution in [0, 0.1) is 10.1 Å². The average Bonchev–Trinajstić information content (AvgIpc) is 2.45. The molecule has 0 atom stereocenters. The van der Waals surface area contributed by atoms with Crippen LogP contribution in [0.15, 0.2) is 48.5 Å². The Balaban J connectivity index is 2.62. The summed E-state index contributed by atoms with van der Waals surface area (Å²) in [5.74, 6) is -1.17. The third-order valence-corrected chi connectivity index (χ3v) is 3.29. The Hall–Kier alpha value is -2.95. The number of carboxylic acid groups (broad SMARTS) is 1. The molecule has 20 heavy (non-hydrogen) atoms. The highest BCUT2D eigenvalue weighted by Crippen LogP contribution is 2.34. The Morgan fingerprint density at radius 2 is 1.75 bits per heavy atom. The number of fused-ring (bicyclic) bond motifs is 3. The molecule has 5 nitrogen and oxygen atoms in total. The van der Waals surface area contributed by atoms with Crippen LogP contribution < -0.4 is 0 Å². The molecule has 0 radical (unpaired) electrons. The lowest BCUT2D eigenvalue weighted by Gasteiger charge is -2.08. The summed E-state index contributed by atoms with van der Waals surface area (Å²) in [6.45, 7) is 0. The Kier molecular flexibility index (Phi) is 2.61. The number of benzene rings is 3. The van der Waals surface area contributed by atoms with Crippen molar-refractivity contribution in [2.75, 3.05) is 0 Å². The maximum Gasteiger partial charge on any atom is 0.336 e. The van der Waals surface area contributed by atoms with Crippen molar-refractivity contribution in [1.29, 1.82) is 0 Å². The molecular weight excluding hydrogens is 258 g/mol. The van der Waals surface area contributed by atoms with Gasteiger partial charge in [-0.25, -0.2) is 4.79 Å². The molecule has 3 aromatic rings. The van der Waals surface area contributed by atoms with Crippen LogP contribution >= 0.6 is 0 Å². The Morgan fingerprint density at radius 1 is 1.05 bits per heavy atom. The molecule has 0 aliphatic carbocycles. The number of non-ortho nitro benzene ring substituents is 1. The topological polar surface area (TPSA) is 80.4 Å². The van der Waals surface area contributed by atoms with Crippen molar-refractivity contribution in [2.45, 2.75) is 0 Å². The van der Waals surface area contributed by atoms with Gasteiger partial charge in [0.1, 0.15) is 0 Å². The molecule has 0 unspecified atom stereocenters. The number of carboxylic acids is 1. The first-order valence-electron chi connectivity index (χ1n) is 5.92. The van der Waals surface area contributed by atoms with E-state index in [1.54, 1.807) is 24.3 Å². The molecule has 0 aliphatic heterocycles. The van der Waals surface area contributed by atoms with E-state index < -0.39 is 10.9 Å². The molecule has 3 aromatic carbocycles. The lowest BCUT2D eigenvalue weighted by Crippen LogP contribution is -2.01. The van der Waals surface area contributed by atoms with Gasteiger partial charge in [0.2, 0.25) is 0 Å². The van der Waals surface area contributed by atoms with E-state index in [1.165, 1.54) is 12.1 Å². The molecule has 3 rings (SSSR count). The predicted octanol–water partition coefficient (Wildman–Crippen LogP) is 3.60. The maximum atomic E-state index is 11.4. The second-order valence-corrected chi connectivity index (χ2v) is 4.41. The molecule has 0 fully saturated rings. The zero-order valence-electron chi connectivity index (χ0n) is 10.2. The zero-order valence-corrected chi connectivity index (χ0v) is 10.2. The summed E-state index contributed by atoms with van der Waals surface area (Å²) in [6, 6.07) is 13.3. The van der Waals surface area contributed by atoms with Crippen molar-refractivity contribution < 1.29 is 14.8 Å². The summed E-state index contributed by atoms with van der Waals surface area (Å²) in [5.41, 5.74) is -0.239. The van der Waals surface area contributed by atoms with Crippen LogP contribution in [0.4, 0.5) is 5.69 Å². The Bertz CT molecular complexity index is 870.